The standard InChI is InChI=1S/C17H12BrNO3S/c18-12-6-7-15(22-9-11-4-2-1-3-5-11)13(8-12)16-19-14(10-23-16)17(20)21/h1-8,10H,9H2,(H,20,21). The molecule has 2 aromatic carbocycles. The zero-order chi connectivity index (χ0) is 16.2. The van der Waals surface area contributed by atoms with Crippen LogP contribution in [0.3, 0.4) is 0 Å². The molecule has 0 aliphatic carbocycles. The van der Waals surface area contributed by atoms with Gasteiger partial charge in [-0.1, -0.05) is 46.3 Å². The molecular formula is C17H12BrNO3S. The summed E-state index contributed by atoms with van der Waals surface area (Å²) in [6.07, 6.45) is 0. The van der Waals surface area contributed by atoms with Crippen LogP contribution in [-0.4, -0.2) is 16.1 Å². The van der Waals surface area contributed by atoms with Gasteiger partial charge in [-0.15, -0.1) is 11.3 Å². The average molecular weight is 390 g/mol. The van der Waals surface area contributed by atoms with Crippen LogP contribution in [-0.2, 0) is 6.61 Å². The first-order valence-corrected chi connectivity index (χ1v) is 8.46. The fourth-order valence-corrected chi connectivity index (χ4v) is 3.20. The molecule has 0 spiro atoms. The Kier molecular flexibility index (Phi) is 4.73. The van der Waals surface area contributed by atoms with E-state index in [0.717, 1.165) is 15.6 Å². The van der Waals surface area contributed by atoms with Crippen molar-refractivity contribution in [3.8, 4) is 16.3 Å². The Morgan fingerprint density at radius 2 is 2.00 bits per heavy atom. The summed E-state index contributed by atoms with van der Waals surface area (Å²) in [5.74, 6) is -0.363. The van der Waals surface area contributed by atoms with Gasteiger partial charge >= 0.3 is 5.97 Å². The van der Waals surface area contributed by atoms with Gasteiger partial charge in [-0.25, -0.2) is 9.78 Å². The monoisotopic (exact) mass is 389 g/mol. The Morgan fingerprint density at radius 1 is 1.22 bits per heavy atom. The van der Waals surface area contributed by atoms with Gasteiger partial charge in [-0.3, -0.25) is 0 Å². The van der Waals surface area contributed by atoms with E-state index in [-0.39, 0.29) is 5.69 Å². The van der Waals surface area contributed by atoms with Crippen LogP contribution in [0.15, 0.2) is 58.4 Å². The van der Waals surface area contributed by atoms with Crippen molar-refractivity contribution in [2.24, 2.45) is 0 Å². The van der Waals surface area contributed by atoms with Crippen molar-refractivity contribution in [1.82, 2.24) is 4.98 Å². The fourth-order valence-electron chi connectivity index (χ4n) is 2.03. The minimum Gasteiger partial charge on any atom is -0.488 e. The van der Waals surface area contributed by atoms with E-state index in [2.05, 4.69) is 20.9 Å². The molecule has 0 fully saturated rings. The minimum absolute atomic E-state index is 0.0407. The highest BCUT2D eigenvalue weighted by Gasteiger charge is 2.14. The summed E-state index contributed by atoms with van der Waals surface area (Å²) in [5.41, 5.74) is 1.87. The third-order valence-electron chi connectivity index (χ3n) is 3.13. The van der Waals surface area contributed by atoms with Crippen molar-refractivity contribution >= 4 is 33.2 Å². The van der Waals surface area contributed by atoms with E-state index >= 15 is 0 Å². The third-order valence-corrected chi connectivity index (χ3v) is 4.50. The number of hydrogen-bond donors (Lipinski definition) is 1. The molecule has 0 aliphatic rings. The number of ether oxygens (including phenoxy) is 1. The smallest absolute Gasteiger partial charge is 0.355 e. The molecular weight excluding hydrogens is 378 g/mol. The number of carbonyl (C=O) groups is 1. The molecule has 116 valence electrons. The molecule has 0 amide bonds. The van der Waals surface area contributed by atoms with Crippen molar-refractivity contribution in [2.75, 3.05) is 0 Å². The number of rotatable bonds is 5. The molecule has 0 atom stereocenters. The van der Waals surface area contributed by atoms with Gasteiger partial charge in [-0.05, 0) is 23.8 Å². The second kappa shape index (κ2) is 6.93. The second-order valence-electron chi connectivity index (χ2n) is 4.76. The zero-order valence-corrected chi connectivity index (χ0v) is 14.3. The van der Waals surface area contributed by atoms with Crippen molar-refractivity contribution in [3.05, 3.63) is 69.6 Å². The Bertz CT molecular complexity index is 833. The van der Waals surface area contributed by atoms with Gasteiger partial charge < -0.3 is 9.84 Å². The molecule has 1 N–H and O–H groups in total. The van der Waals surface area contributed by atoms with E-state index in [9.17, 15) is 4.79 Å². The SMILES string of the molecule is O=C(O)c1csc(-c2cc(Br)ccc2OCc2ccccc2)n1. The molecule has 1 heterocycles. The fraction of sp³-hybridized carbons (Fsp3) is 0.0588. The van der Waals surface area contributed by atoms with Gasteiger partial charge in [0.2, 0.25) is 0 Å². The predicted molar refractivity (Wildman–Crippen MR) is 93.0 cm³/mol. The van der Waals surface area contributed by atoms with E-state index in [1.54, 1.807) is 0 Å². The summed E-state index contributed by atoms with van der Waals surface area (Å²) >= 11 is 4.71. The third kappa shape index (κ3) is 3.78. The molecule has 0 saturated carbocycles. The molecule has 23 heavy (non-hydrogen) atoms. The van der Waals surface area contributed by atoms with Gasteiger partial charge in [0.05, 0.1) is 5.56 Å². The molecule has 6 heteroatoms. The lowest BCUT2D eigenvalue weighted by Crippen LogP contribution is -1.98. The van der Waals surface area contributed by atoms with Gasteiger partial charge in [0.1, 0.15) is 17.4 Å². The van der Waals surface area contributed by atoms with Crippen molar-refractivity contribution < 1.29 is 14.6 Å². The highest BCUT2D eigenvalue weighted by atomic mass is 79.9. The van der Waals surface area contributed by atoms with Crippen molar-refractivity contribution in [2.45, 2.75) is 6.61 Å². The van der Waals surface area contributed by atoms with Gasteiger partial charge in [0, 0.05) is 9.85 Å². The molecule has 1 aromatic heterocycles. The first-order valence-electron chi connectivity index (χ1n) is 6.79. The maximum Gasteiger partial charge on any atom is 0.355 e. The number of hydrogen-bond acceptors (Lipinski definition) is 4. The molecule has 3 rings (SSSR count). The molecule has 0 bridgehead atoms. The lowest BCUT2D eigenvalue weighted by molar-refractivity contribution is 0.0691. The number of aromatic carboxylic acids is 1. The summed E-state index contributed by atoms with van der Waals surface area (Å²) in [6, 6.07) is 15.5. The molecule has 4 nitrogen and oxygen atoms in total. The average Bonchev–Trinajstić information content (AvgIpc) is 3.05. The Morgan fingerprint density at radius 3 is 2.70 bits per heavy atom. The van der Waals surface area contributed by atoms with Crippen LogP contribution in [0.25, 0.3) is 10.6 Å². The van der Waals surface area contributed by atoms with Crippen molar-refractivity contribution in [3.63, 3.8) is 0 Å². The zero-order valence-electron chi connectivity index (χ0n) is 11.9. The molecule has 0 radical (unpaired) electrons. The second-order valence-corrected chi connectivity index (χ2v) is 6.53. The van der Waals surface area contributed by atoms with E-state index in [1.165, 1.54) is 16.7 Å². The molecule has 0 unspecified atom stereocenters. The number of nitrogens with zero attached hydrogens (tertiary/aromatic N) is 1. The van der Waals surface area contributed by atoms with Crippen LogP contribution in [0.1, 0.15) is 16.1 Å². The maximum atomic E-state index is 11.0. The van der Waals surface area contributed by atoms with E-state index < -0.39 is 5.97 Å². The van der Waals surface area contributed by atoms with Crippen LogP contribution in [0.5, 0.6) is 5.75 Å². The number of halogens is 1. The topological polar surface area (TPSA) is 59.4 Å². The number of benzene rings is 2. The first kappa shape index (κ1) is 15.7. The van der Waals surface area contributed by atoms with E-state index in [0.29, 0.717) is 17.4 Å². The summed E-state index contributed by atoms with van der Waals surface area (Å²) in [5, 5.41) is 11.2. The molecule has 3 aromatic rings. The normalized spacial score (nSPS) is 10.5. The highest BCUT2D eigenvalue weighted by molar-refractivity contribution is 9.10. The van der Waals surface area contributed by atoms with Crippen LogP contribution in [0.2, 0.25) is 0 Å². The summed E-state index contributed by atoms with van der Waals surface area (Å²) < 4.78 is 6.78. The molecule has 0 aliphatic heterocycles. The Labute approximate surface area is 145 Å². The number of carboxylic acids is 1. The highest BCUT2D eigenvalue weighted by Crippen LogP contribution is 2.35. The Balaban J connectivity index is 1.89. The predicted octanol–water partition coefficient (Wildman–Crippen LogP) is 4.85. The van der Waals surface area contributed by atoms with Crippen LogP contribution in [0.4, 0.5) is 0 Å². The maximum absolute atomic E-state index is 11.0. The summed E-state index contributed by atoms with van der Waals surface area (Å²) in [7, 11) is 0. The minimum atomic E-state index is -1.03. The van der Waals surface area contributed by atoms with Crippen LogP contribution in [0, 0.1) is 0 Å². The first-order chi connectivity index (χ1) is 11.1. The summed E-state index contributed by atoms with van der Waals surface area (Å²) in [6.45, 7) is 0.437. The van der Waals surface area contributed by atoms with Gasteiger partial charge in [0.25, 0.3) is 0 Å². The summed E-state index contributed by atoms with van der Waals surface area (Å²) in [4.78, 5) is 15.2. The van der Waals surface area contributed by atoms with E-state index in [4.69, 9.17) is 9.84 Å². The molecule has 0 saturated heterocycles. The lowest BCUT2D eigenvalue weighted by Gasteiger charge is -2.10. The van der Waals surface area contributed by atoms with E-state index in [1.807, 2.05) is 48.5 Å². The van der Waals surface area contributed by atoms with Crippen molar-refractivity contribution in [1.29, 1.82) is 0 Å². The Hall–Kier alpha value is -2.18. The lowest BCUT2D eigenvalue weighted by atomic mass is 10.2. The number of aromatic nitrogens is 1. The number of carboxylic acid groups (broad SMARTS) is 1. The van der Waals surface area contributed by atoms with Gasteiger partial charge in [0.15, 0.2) is 5.69 Å². The largest absolute Gasteiger partial charge is 0.488 e. The van der Waals surface area contributed by atoms with Gasteiger partial charge in [-0.2, -0.15) is 0 Å². The van der Waals surface area contributed by atoms with Crippen LogP contribution < -0.4 is 4.74 Å². The quantitative estimate of drug-likeness (QED) is 0.677. The number of thiazole rings is 1. The van der Waals surface area contributed by atoms with Crippen LogP contribution >= 0.6 is 27.3 Å².